The molecule has 0 bridgehead atoms. The minimum atomic E-state index is 0.885. The van der Waals surface area contributed by atoms with Crippen molar-refractivity contribution in [3.8, 4) is 0 Å². The van der Waals surface area contributed by atoms with Gasteiger partial charge in [-0.15, -0.1) is 0 Å². The van der Waals surface area contributed by atoms with E-state index in [2.05, 4.69) is 24.1 Å². The topological polar surface area (TPSA) is 15.3 Å². The molecule has 1 saturated heterocycles. The normalized spacial score (nSPS) is 34.6. The predicted octanol–water partition coefficient (Wildman–Crippen LogP) is 2.11. The Morgan fingerprint density at radius 3 is 2.53 bits per heavy atom. The maximum Gasteiger partial charge on any atom is 0.0110 e. The SMILES string of the molecule is CC(C)C1CCCC(N2CCNCC2)C1. The van der Waals surface area contributed by atoms with E-state index in [0.29, 0.717) is 0 Å². The lowest BCUT2D eigenvalue weighted by Crippen LogP contribution is -2.49. The van der Waals surface area contributed by atoms with Crippen molar-refractivity contribution in [1.29, 1.82) is 0 Å². The van der Waals surface area contributed by atoms with Gasteiger partial charge in [-0.2, -0.15) is 0 Å². The summed E-state index contributed by atoms with van der Waals surface area (Å²) in [5.41, 5.74) is 0. The number of hydrogen-bond donors (Lipinski definition) is 1. The first-order valence-corrected chi connectivity index (χ1v) is 6.72. The molecule has 2 unspecified atom stereocenters. The first kappa shape index (κ1) is 11.4. The first-order valence-electron chi connectivity index (χ1n) is 6.72. The van der Waals surface area contributed by atoms with Crippen molar-refractivity contribution >= 4 is 0 Å². The summed E-state index contributed by atoms with van der Waals surface area (Å²) in [6, 6.07) is 0.897. The van der Waals surface area contributed by atoms with Crippen LogP contribution in [-0.2, 0) is 0 Å². The molecule has 0 aromatic heterocycles. The number of rotatable bonds is 2. The molecule has 2 heteroatoms. The van der Waals surface area contributed by atoms with Crippen molar-refractivity contribution in [3.63, 3.8) is 0 Å². The van der Waals surface area contributed by atoms with Crippen LogP contribution >= 0.6 is 0 Å². The molecule has 15 heavy (non-hydrogen) atoms. The summed E-state index contributed by atoms with van der Waals surface area (Å²) in [4.78, 5) is 2.73. The minimum absolute atomic E-state index is 0.885. The summed E-state index contributed by atoms with van der Waals surface area (Å²) in [5.74, 6) is 1.87. The Morgan fingerprint density at radius 1 is 1.13 bits per heavy atom. The molecule has 2 rings (SSSR count). The third-order valence-corrected chi connectivity index (χ3v) is 4.30. The Labute approximate surface area is 94.4 Å². The summed E-state index contributed by atoms with van der Waals surface area (Å²) in [6.45, 7) is 9.73. The lowest BCUT2D eigenvalue weighted by molar-refractivity contribution is 0.102. The molecular weight excluding hydrogens is 184 g/mol. The number of nitrogens with one attached hydrogen (secondary N) is 1. The zero-order valence-corrected chi connectivity index (χ0v) is 10.3. The number of hydrogen-bond acceptors (Lipinski definition) is 2. The highest BCUT2D eigenvalue weighted by Gasteiger charge is 2.28. The third-order valence-electron chi connectivity index (χ3n) is 4.30. The standard InChI is InChI=1S/C13H26N2/c1-11(2)12-4-3-5-13(10-12)15-8-6-14-7-9-15/h11-14H,3-10H2,1-2H3. The average molecular weight is 210 g/mol. The van der Waals surface area contributed by atoms with Crippen molar-refractivity contribution in [2.45, 2.75) is 45.6 Å². The van der Waals surface area contributed by atoms with Gasteiger partial charge >= 0.3 is 0 Å². The Bertz CT molecular complexity index is 185. The van der Waals surface area contributed by atoms with Crippen molar-refractivity contribution in [3.05, 3.63) is 0 Å². The van der Waals surface area contributed by atoms with E-state index in [0.717, 1.165) is 17.9 Å². The largest absolute Gasteiger partial charge is 0.314 e. The quantitative estimate of drug-likeness (QED) is 0.751. The molecule has 0 aromatic rings. The molecule has 88 valence electrons. The lowest BCUT2D eigenvalue weighted by atomic mass is 9.78. The Morgan fingerprint density at radius 2 is 1.87 bits per heavy atom. The zero-order chi connectivity index (χ0) is 10.7. The predicted molar refractivity (Wildman–Crippen MR) is 65.0 cm³/mol. The summed E-state index contributed by atoms with van der Waals surface area (Å²) in [5, 5.41) is 3.45. The highest BCUT2D eigenvalue weighted by Crippen LogP contribution is 2.32. The van der Waals surface area contributed by atoms with Gasteiger partial charge in [0.05, 0.1) is 0 Å². The van der Waals surface area contributed by atoms with Crippen LogP contribution in [0.25, 0.3) is 0 Å². The van der Waals surface area contributed by atoms with E-state index in [-0.39, 0.29) is 0 Å². The van der Waals surface area contributed by atoms with E-state index < -0.39 is 0 Å². The van der Waals surface area contributed by atoms with Gasteiger partial charge in [0.2, 0.25) is 0 Å². The van der Waals surface area contributed by atoms with Crippen LogP contribution in [-0.4, -0.2) is 37.1 Å². The highest BCUT2D eigenvalue weighted by molar-refractivity contribution is 4.83. The van der Waals surface area contributed by atoms with Gasteiger partial charge in [0.25, 0.3) is 0 Å². The molecule has 2 atom stereocenters. The molecule has 0 aromatic carbocycles. The van der Waals surface area contributed by atoms with Gasteiger partial charge in [-0.25, -0.2) is 0 Å². The Balaban J connectivity index is 1.85. The van der Waals surface area contributed by atoms with Crippen LogP contribution in [0.1, 0.15) is 39.5 Å². The molecule has 1 aliphatic carbocycles. The van der Waals surface area contributed by atoms with E-state index in [4.69, 9.17) is 0 Å². The minimum Gasteiger partial charge on any atom is -0.314 e. The fraction of sp³-hybridized carbons (Fsp3) is 1.00. The zero-order valence-electron chi connectivity index (χ0n) is 10.3. The highest BCUT2D eigenvalue weighted by atomic mass is 15.2. The van der Waals surface area contributed by atoms with Gasteiger partial charge in [-0.3, -0.25) is 4.90 Å². The molecule has 0 spiro atoms. The van der Waals surface area contributed by atoms with Gasteiger partial charge < -0.3 is 5.32 Å². The molecule has 1 N–H and O–H groups in total. The summed E-state index contributed by atoms with van der Waals surface area (Å²) in [7, 11) is 0. The smallest absolute Gasteiger partial charge is 0.0110 e. The van der Waals surface area contributed by atoms with Crippen LogP contribution in [0.2, 0.25) is 0 Å². The first-order chi connectivity index (χ1) is 7.27. The third kappa shape index (κ3) is 2.94. The van der Waals surface area contributed by atoms with Crippen molar-refractivity contribution in [2.75, 3.05) is 26.2 Å². The van der Waals surface area contributed by atoms with Crippen LogP contribution in [0.4, 0.5) is 0 Å². The Kier molecular flexibility index (Phi) is 4.04. The maximum atomic E-state index is 3.45. The van der Waals surface area contributed by atoms with Crippen LogP contribution in [0.15, 0.2) is 0 Å². The van der Waals surface area contributed by atoms with Crippen molar-refractivity contribution in [2.24, 2.45) is 11.8 Å². The van der Waals surface area contributed by atoms with Gasteiger partial charge in [0, 0.05) is 32.2 Å². The van der Waals surface area contributed by atoms with E-state index in [9.17, 15) is 0 Å². The van der Waals surface area contributed by atoms with Crippen molar-refractivity contribution in [1.82, 2.24) is 10.2 Å². The van der Waals surface area contributed by atoms with Gasteiger partial charge in [-0.1, -0.05) is 26.7 Å². The van der Waals surface area contributed by atoms with E-state index >= 15 is 0 Å². The second kappa shape index (κ2) is 5.31. The second-order valence-corrected chi connectivity index (χ2v) is 5.61. The summed E-state index contributed by atoms with van der Waals surface area (Å²) >= 11 is 0. The molecule has 2 fully saturated rings. The second-order valence-electron chi connectivity index (χ2n) is 5.61. The van der Waals surface area contributed by atoms with Crippen LogP contribution in [0.5, 0.6) is 0 Å². The van der Waals surface area contributed by atoms with E-state index in [1.54, 1.807) is 0 Å². The maximum absolute atomic E-state index is 3.45. The molecule has 1 aliphatic heterocycles. The number of piperazine rings is 1. The van der Waals surface area contributed by atoms with Gasteiger partial charge in [0.1, 0.15) is 0 Å². The van der Waals surface area contributed by atoms with Crippen LogP contribution < -0.4 is 5.32 Å². The van der Waals surface area contributed by atoms with E-state index in [1.165, 1.54) is 51.9 Å². The fourth-order valence-electron chi connectivity index (χ4n) is 3.19. The molecule has 1 saturated carbocycles. The summed E-state index contributed by atoms with van der Waals surface area (Å²) < 4.78 is 0. The molecule has 0 amide bonds. The van der Waals surface area contributed by atoms with Gasteiger partial charge in [0.15, 0.2) is 0 Å². The monoisotopic (exact) mass is 210 g/mol. The number of nitrogens with zero attached hydrogens (tertiary/aromatic N) is 1. The average Bonchev–Trinajstić information content (AvgIpc) is 2.30. The van der Waals surface area contributed by atoms with E-state index in [1.807, 2.05) is 0 Å². The molecule has 2 aliphatic rings. The van der Waals surface area contributed by atoms with Gasteiger partial charge in [-0.05, 0) is 24.7 Å². The lowest BCUT2D eigenvalue weighted by Gasteiger charge is -2.40. The van der Waals surface area contributed by atoms with Crippen LogP contribution in [0.3, 0.4) is 0 Å². The fourth-order valence-corrected chi connectivity index (χ4v) is 3.19. The Hall–Kier alpha value is -0.0800. The van der Waals surface area contributed by atoms with Crippen molar-refractivity contribution < 1.29 is 0 Å². The summed E-state index contributed by atoms with van der Waals surface area (Å²) in [6.07, 6.45) is 5.83. The molecule has 2 nitrogen and oxygen atoms in total. The molecule has 1 heterocycles. The molecule has 0 radical (unpaired) electrons. The molecular formula is C13H26N2. The van der Waals surface area contributed by atoms with Crippen LogP contribution in [0, 0.1) is 11.8 Å².